The normalized spacial score (nSPS) is 19.5. The molecule has 4 nitrogen and oxygen atoms in total. The lowest BCUT2D eigenvalue weighted by Crippen LogP contribution is -2.48. The van der Waals surface area contributed by atoms with E-state index in [9.17, 15) is 9.50 Å². The Bertz CT molecular complexity index is 395. The van der Waals surface area contributed by atoms with Crippen molar-refractivity contribution in [3.05, 3.63) is 35.6 Å². The molecule has 0 aliphatic carbocycles. The van der Waals surface area contributed by atoms with Gasteiger partial charge in [0.2, 0.25) is 0 Å². The van der Waals surface area contributed by atoms with Gasteiger partial charge in [0.15, 0.2) is 0 Å². The number of aliphatic hydroxyl groups excluding tert-OH is 2. The van der Waals surface area contributed by atoms with E-state index in [1.165, 1.54) is 12.1 Å². The van der Waals surface area contributed by atoms with Crippen molar-refractivity contribution in [3.63, 3.8) is 0 Å². The molecule has 2 rings (SSSR count). The van der Waals surface area contributed by atoms with Gasteiger partial charge in [-0.25, -0.2) is 4.39 Å². The lowest BCUT2D eigenvalue weighted by molar-refractivity contribution is 0.0660. The van der Waals surface area contributed by atoms with E-state index in [0.717, 1.165) is 26.2 Å². The fourth-order valence-corrected chi connectivity index (χ4v) is 2.40. The first-order chi connectivity index (χ1) is 9.19. The van der Waals surface area contributed by atoms with Gasteiger partial charge < -0.3 is 10.2 Å². The second-order valence-corrected chi connectivity index (χ2v) is 4.94. The summed E-state index contributed by atoms with van der Waals surface area (Å²) in [7, 11) is 0. The minimum absolute atomic E-state index is 0.186. The van der Waals surface area contributed by atoms with Gasteiger partial charge in [-0.15, -0.1) is 0 Å². The van der Waals surface area contributed by atoms with Crippen LogP contribution in [-0.2, 0) is 0 Å². The molecule has 2 N–H and O–H groups in total. The number of hydrogen-bond acceptors (Lipinski definition) is 4. The standard InChI is InChI=1S/C14H21FN2O2/c15-13-3-1-2-12(10-13)14(19)11-17-6-4-16(5-7-17)8-9-18/h1-3,10,14,18-19H,4-9,11H2/t14-/m0/s1. The Morgan fingerprint density at radius 3 is 2.47 bits per heavy atom. The molecule has 19 heavy (non-hydrogen) atoms. The molecule has 1 aromatic carbocycles. The quantitative estimate of drug-likeness (QED) is 0.815. The van der Waals surface area contributed by atoms with Crippen LogP contribution in [0.25, 0.3) is 0 Å². The Labute approximate surface area is 113 Å². The molecule has 1 heterocycles. The van der Waals surface area contributed by atoms with E-state index in [2.05, 4.69) is 9.80 Å². The first-order valence-corrected chi connectivity index (χ1v) is 6.68. The van der Waals surface area contributed by atoms with Crippen LogP contribution in [0.4, 0.5) is 4.39 Å². The first-order valence-electron chi connectivity index (χ1n) is 6.68. The number of aliphatic hydroxyl groups is 2. The number of halogens is 1. The SMILES string of the molecule is OCCN1CCN(C[C@H](O)c2cccc(F)c2)CC1. The van der Waals surface area contributed by atoms with Gasteiger partial charge in [0.05, 0.1) is 12.7 Å². The van der Waals surface area contributed by atoms with Gasteiger partial charge in [0.1, 0.15) is 5.82 Å². The molecule has 0 bridgehead atoms. The molecule has 0 radical (unpaired) electrons. The molecule has 1 saturated heterocycles. The molecule has 1 atom stereocenters. The molecule has 1 aliphatic heterocycles. The van der Waals surface area contributed by atoms with E-state index in [-0.39, 0.29) is 12.4 Å². The maximum Gasteiger partial charge on any atom is 0.123 e. The highest BCUT2D eigenvalue weighted by molar-refractivity contribution is 5.19. The number of rotatable bonds is 5. The molecule has 0 spiro atoms. The number of benzene rings is 1. The molecule has 0 amide bonds. The predicted octanol–water partition coefficient (Wildman–Crippen LogP) is 0.469. The summed E-state index contributed by atoms with van der Waals surface area (Å²) in [5, 5.41) is 19.0. The summed E-state index contributed by atoms with van der Waals surface area (Å²) in [5.74, 6) is -0.315. The van der Waals surface area contributed by atoms with Crippen molar-refractivity contribution in [3.8, 4) is 0 Å². The third-order valence-electron chi connectivity index (χ3n) is 3.55. The topological polar surface area (TPSA) is 46.9 Å². The van der Waals surface area contributed by atoms with Crippen LogP contribution in [0.5, 0.6) is 0 Å². The van der Waals surface area contributed by atoms with Gasteiger partial charge in [-0.2, -0.15) is 0 Å². The highest BCUT2D eigenvalue weighted by Gasteiger charge is 2.19. The molecular formula is C14H21FN2O2. The van der Waals surface area contributed by atoms with Crippen molar-refractivity contribution < 1.29 is 14.6 Å². The Kier molecular flexibility index (Phi) is 5.27. The van der Waals surface area contributed by atoms with Crippen molar-refractivity contribution >= 4 is 0 Å². The third kappa shape index (κ3) is 4.24. The van der Waals surface area contributed by atoms with Gasteiger partial charge in [0.25, 0.3) is 0 Å². The Balaban J connectivity index is 1.82. The van der Waals surface area contributed by atoms with Gasteiger partial charge >= 0.3 is 0 Å². The number of β-amino-alcohol motifs (C(OH)–C–C–N with tert-alkyl or cyclic N) is 2. The van der Waals surface area contributed by atoms with Crippen LogP contribution in [-0.4, -0.2) is 65.9 Å². The molecule has 1 fully saturated rings. The van der Waals surface area contributed by atoms with Crippen LogP contribution in [0, 0.1) is 5.82 Å². The third-order valence-corrected chi connectivity index (χ3v) is 3.55. The fourth-order valence-electron chi connectivity index (χ4n) is 2.40. The van der Waals surface area contributed by atoms with E-state index in [1.807, 2.05) is 0 Å². The molecular weight excluding hydrogens is 247 g/mol. The van der Waals surface area contributed by atoms with Crippen LogP contribution < -0.4 is 0 Å². The highest BCUT2D eigenvalue weighted by Crippen LogP contribution is 2.16. The van der Waals surface area contributed by atoms with Gasteiger partial charge in [-0.3, -0.25) is 9.80 Å². The molecule has 1 aromatic rings. The Morgan fingerprint density at radius 2 is 1.84 bits per heavy atom. The minimum atomic E-state index is -0.653. The maximum absolute atomic E-state index is 13.1. The lowest BCUT2D eigenvalue weighted by Gasteiger charge is -2.35. The van der Waals surface area contributed by atoms with E-state index in [1.54, 1.807) is 12.1 Å². The second kappa shape index (κ2) is 6.96. The smallest absolute Gasteiger partial charge is 0.123 e. The monoisotopic (exact) mass is 268 g/mol. The van der Waals surface area contributed by atoms with Gasteiger partial charge in [-0.05, 0) is 17.7 Å². The Hall–Kier alpha value is -1.01. The zero-order valence-electron chi connectivity index (χ0n) is 11.0. The van der Waals surface area contributed by atoms with E-state index >= 15 is 0 Å². The lowest BCUT2D eigenvalue weighted by atomic mass is 10.1. The zero-order valence-corrected chi connectivity index (χ0v) is 11.0. The molecule has 106 valence electrons. The molecule has 1 aliphatic rings. The summed E-state index contributed by atoms with van der Waals surface area (Å²) in [6.07, 6.45) is -0.653. The zero-order chi connectivity index (χ0) is 13.7. The summed E-state index contributed by atoms with van der Waals surface area (Å²) in [6.45, 7) is 4.95. The summed E-state index contributed by atoms with van der Waals surface area (Å²) in [6, 6.07) is 6.12. The van der Waals surface area contributed by atoms with E-state index in [4.69, 9.17) is 5.11 Å². The molecule has 5 heteroatoms. The predicted molar refractivity (Wildman–Crippen MR) is 71.3 cm³/mol. The van der Waals surface area contributed by atoms with Crippen LogP contribution in [0.1, 0.15) is 11.7 Å². The summed E-state index contributed by atoms with van der Waals surface area (Å²) in [4.78, 5) is 4.37. The van der Waals surface area contributed by atoms with Gasteiger partial charge in [0, 0.05) is 39.3 Å². The molecule has 0 unspecified atom stereocenters. The molecule has 0 aromatic heterocycles. The summed E-state index contributed by atoms with van der Waals surface area (Å²) < 4.78 is 13.1. The number of hydrogen-bond donors (Lipinski definition) is 2. The van der Waals surface area contributed by atoms with Crippen molar-refractivity contribution in [2.45, 2.75) is 6.10 Å². The van der Waals surface area contributed by atoms with Crippen molar-refractivity contribution in [1.82, 2.24) is 9.80 Å². The second-order valence-electron chi connectivity index (χ2n) is 4.94. The number of piperazine rings is 1. The Morgan fingerprint density at radius 1 is 1.16 bits per heavy atom. The van der Waals surface area contributed by atoms with Crippen molar-refractivity contribution in [2.75, 3.05) is 45.9 Å². The highest BCUT2D eigenvalue weighted by atomic mass is 19.1. The fraction of sp³-hybridized carbons (Fsp3) is 0.571. The largest absolute Gasteiger partial charge is 0.395 e. The average Bonchev–Trinajstić information content (AvgIpc) is 2.41. The van der Waals surface area contributed by atoms with Gasteiger partial charge in [-0.1, -0.05) is 12.1 Å². The minimum Gasteiger partial charge on any atom is -0.395 e. The first kappa shape index (κ1) is 14.4. The summed E-state index contributed by atoms with van der Waals surface area (Å²) in [5.41, 5.74) is 0.623. The van der Waals surface area contributed by atoms with Crippen LogP contribution in [0.3, 0.4) is 0 Å². The van der Waals surface area contributed by atoms with Crippen molar-refractivity contribution in [1.29, 1.82) is 0 Å². The molecule has 0 saturated carbocycles. The van der Waals surface area contributed by atoms with E-state index < -0.39 is 6.10 Å². The van der Waals surface area contributed by atoms with Crippen molar-refractivity contribution in [2.24, 2.45) is 0 Å². The van der Waals surface area contributed by atoms with E-state index in [0.29, 0.717) is 18.7 Å². The number of nitrogens with zero attached hydrogens (tertiary/aromatic N) is 2. The van der Waals surface area contributed by atoms with Crippen LogP contribution >= 0.6 is 0 Å². The average molecular weight is 268 g/mol. The van der Waals surface area contributed by atoms with Crippen LogP contribution in [0.15, 0.2) is 24.3 Å². The maximum atomic E-state index is 13.1. The van der Waals surface area contributed by atoms with Crippen LogP contribution in [0.2, 0.25) is 0 Å². The summed E-state index contributed by atoms with van der Waals surface area (Å²) >= 11 is 0.